The normalized spacial score (nSPS) is 14.6. The van der Waals surface area contributed by atoms with E-state index < -0.39 is 16.8 Å². The minimum atomic E-state index is -1.34. The van der Waals surface area contributed by atoms with Crippen molar-refractivity contribution in [2.75, 3.05) is 6.54 Å². The van der Waals surface area contributed by atoms with Gasteiger partial charge in [0.25, 0.3) is 5.91 Å². The van der Waals surface area contributed by atoms with Gasteiger partial charge < -0.3 is 19.9 Å². The lowest BCUT2D eigenvalue weighted by Crippen LogP contribution is -2.38. The standard InChI is InChI=1S/C17H19NO5S/c1-11(16(20)21)24-13-7-4-3-6-12(13)15(19)18-10-17(2,22)14-8-5-9-23-14/h3-9,11,22H,10H2,1-2H3,(H,18,19)(H,20,21). The van der Waals surface area contributed by atoms with E-state index in [0.29, 0.717) is 16.2 Å². The van der Waals surface area contributed by atoms with Gasteiger partial charge in [-0.3, -0.25) is 9.59 Å². The monoisotopic (exact) mass is 349 g/mol. The van der Waals surface area contributed by atoms with Crippen molar-refractivity contribution >= 4 is 23.6 Å². The molecular weight excluding hydrogens is 330 g/mol. The molecule has 1 aromatic heterocycles. The van der Waals surface area contributed by atoms with Crippen molar-refractivity contribution in [3.63, 3.8) is 0 Å². The summed E-state index contributed by atoms with van der Waals surface area (Å²) in [6, 6.07) is 10.1. The third kappa shape index (κ3) is 4.39. The molecule has 0 aliphatic heterocycles. The van der Waals surface area contributed by atoms with Gasteiger partial charge in [0.2, 0.25) is 0 Å². The number of amides is 1. The fourth-order valence-electron chi connectivity index (χ4n) is 2.02. The first-order valence-electron chi connectivity index (χ1n) is 7.34. The SMILES string of the molecule is CC(Sc1ccccc1C(=O)NCC(C)(O)c1ccco1)C(=O)O. The van der Waals surface area contributed by atoms with Crippen molar-refractivity contribution in [2.45, 2.75) is 29.6 Å². The molecule has 2 aromatic rings. The maximum Gasteiger partial charge on any atom is 0.316 e. The summed E-state index contributed by atoms with van der Waals surface area (Å²) in [6.07, 6.45) is 1.45. The summed E-state index contributed by atoms with van der Waals surface area (Å²) < 4.78 is 5.17. The van der Waals surface area contributed by atoms with Crippen LogP contribution in [0.4, 0.5) is 0 Å². The molecule has 6 nitrogen and oxygen atoms in total. The molecule has 2 unspecified atom stereocenters. The fraction of sp³-hybridized carbons (Fsp3) is 0.294. The number of thioether (sulfide) groups is 1. The molecule has 3 N–H and O–H groups in total. The van der Waals surface area contributed by atoms with Crippen molar-refractivity contribution in [1.82, 2.24) is 5.32 Å². The number of carbonyl (C=O) groups is 2. The topological polar surface area (TPSA) is 99.8 Å². The highest BCUT2D eigenvalue weighted by atomic mass is 32.2. The molecule has 0 spiro atoms. The van der Waals surface area contributed by atoms with Crippen molar-refractivity contribution in [2.24, 2.45) is 0 Å². The number of rotatable bonds is 7. The molecule has 1 amide bonds. The maximum absolute atomic E-state index is 12.4. The number of furan rings is 1. The second-order valence-corrected chi connectivity index (χ2v) is 6.91. The average Bonchev–Trinajstić information content (AvgIpc) is 3.08. The Morgan fingerprint density at radius 1 is 1.29 bits per heavy atom. The van der Waals surface area contributed by atoms with Crippen LogP contribution in [-0.2, 0) is 10.4 Å². The Bertz CT molecular complexity index is 712. The van der Waals surface area contributed by atoms with Crippen LogP contribution in [0.2, 0.25) is 0 Å². The Labute approximate surface area is 143 Å². The number of aliphatic carboxylic acids is 1. The Balaban J connectivity index is 2.09. The van der Waals surface area contributed by atoms with Crippen LogP contribution in [0.1, 0.15) is 30.0 Å². The minimum Gasteiger partial charge on any atom is -0.480 e. The van der Waals surface area contributed by atoms with Crippen molar-refractivity contribution in [3.05, 3.63) is 54.0 Å². The lowest BCUT2D eigenvalue weighted by molar-refractivity contribution is -0.136. The highest BCUT2D eigenvalue weighted by Crippen LogP contribution is 2.27. The Morgan fingerprint density at radius 3 is 2.62 bits per heavy atom. The zero-order chi connectivity index (χ0) is 17.7. The van der Waals surface area contributed by atoms with Crippen molar-refractivity contribution in [1.29, 1.82) is 0 Å². The molecule has 0 fully saturated rings. The van der Waals surface area contributed by atoms with Crippen LogP contribution in [0.25, 0.3) is 0 Å². The van der Waals surface area contributed by atoms with Crippen LogP contribution < -0.4 is 5.32 Å². The van der Waals surface area contributed by atoms with E-state index in [1.165, 1.54) is 6.26 Å². The molecule has 128 valence electrons. The molecule has 24 heavy (non-hydrogen) atoms. The Hall–Kier alpha value is -2.25. The van der Waals surface area contributed by atoms with E-state index in [2.05, 4.69) is 5.32 Å². The third-order valence-electron chi connectivity index (χ3n) is 3.43. The molecule has 0 bridgehead atoms. The van der Waals surface area contributed by atoms with Crippen LogP contribution in [0.15, 0.2) is 52.0 Å². The zero-order valence-corrected chi connectivity index (χ0v) is 14.2. The quantitative estimate of drug-likeness (QED) is 0.664. The lowest BCUT2D eigenvalue weighted by Gasteiger charge is -2.21. The zero-order valence-electron chi connectivity index (χ0n) is 13.4. The van der Waals surface area contributed by atoms with E-state index in [-0.39, 0.29) is 12.5 Å². The number of carboxylic acids is 1. The molecular formula is C17H19NO5S. The molecule has 0 saturated heterocycles. The summed E-state index contributed by atoms with van der Waals surface area (Å²) in [5.41, 5.74) is -0.971. The number of hydrogen-bond acceptors (Lipinski definition) is 5. The van der Waals surface area contributed by atoms with Crippen LogP contribution in [-0.4, -0.2) is 33.9 Å². The van der Waals surface area contributed by atoms with Crippen molar-refractivity contribution < 1.29 is 24.2 Å². The largest absolute Gasteiger partial charge is 0.480 e. The van der Waals surface area contributed by atoms with Gasteiger partial charge in [-0.1, -0.05) is 12.1 Å². The van der Waals surface area contributed by atoms with E-state index in [4.69, 9.17) is 9.52 Å². The van der Waals surface area contributed by atoms with Crippen LogP contribution in [0.5, 0.6) is 0 Å². The van der Waals surface area contributed by atoms with Crippen molar-refractivity contribution in [3.8, 4) is 0 Å². The number of hydrogen-bond donors (Lipinski definition) is 3. The van der Waals surface area contributed by atoms with Crippen LogP contribution in [0.3, 0.4) is 0 Å². The number of benzene rings is 1. The molecule has 0 saturated carbocycles. The summed E-state index contributed by atoms with van der Waals surface area (Å²) >= 11 is 1.10. The highest BCUT2D eigenvalue weighted by Gasteiger charge is 2.27. The number of carbonyl (C=O) groups excluding carboxylic acids is 1. The maximum atomic E-state index is 12.4. The van der Waals surface area contributed by atoms with Gasteiger partial charge in [-0.15, -0.1) is 11.8 Å². The molecule has 7 heteroatoms. The molecule has 0 aliphatic carbocycles. The third-order valence-corrected chi connectivity index (χ3v) is 4.59. The molecule has 2 atom stereocenters. The van der Waals surface area contributed by atoms with E-state index >= 15 is 0 Å². The first kappa shape index (κ1) is 18.1. The predicted molar refractivity (Wildman–Crippen MR) is 90.0 cm³/mol. The molecule has 0 aliphatic rings. The first-order valence-corrected chi connectivity index (χ1v) is 8.22. The Kier molecular flexibility index (Phi) is 5.69. The summed E-state index contributed by atoms with van der Waals surface area (Å²) in [5, 5.41) is 21.4. The van der Waals surface area contributed by atoms with Gasteiger partial charge in [-0.25, -0.2) is 0 Å². The summed E-state index contributed by atoms with van der Waals surface area (Å²) in [5.74, 6) is -0.983. The summed E-state index contributed by atoms with van der Waals surface area (Å²) in [4.78, 5) is 24.0. The Morgan fingerprint density at radius 2 is 2.00 bits per heavy atom. The number of carboxylic acid groups (broad SMARTS) is 1. The average molecular weight is 349 g/mol. The van der Waals surface area contributed by atoms with E-state index in [1.807, 2.05) is 0 Å². The summed E-state index contributed by atoms with van der Waals surface area (Å²) in [6.45, 7) is 3.06. The smallest absolute Gasteiger partial charge is 0.316 e. The van der Waals surface area contributed by atoms with Gasteiger partial charge >= 0.3 is 5.97 Å². The number of nitrogens with one attached hydrogen (secondary N) is 1. The first-order chi connectivity index (χ1) is 11.3. The second-order valence-electron chi connectivity index (χ2n) is 5.53. The second kappa shape index (κ2) is 7.55. The fourth-order valence-corrected chi connectivity index (χ4v) is 2.94. The van der Waals surface area contributed by atoms with Gasteiger partial charge in [-0.2, -0.15) is 0 Å². The molecule has 1 heterocycles. The predicted octanol–water partition coefficient (Wildman–Crippen LogP) is 2.48. The van der Waals surface area contributed by atoms with Gasteiger partial charge in [0, 0.05) is 4.90 Å². The highest BCUT2D eigenvalue weighted by molar-refractivity contribution is 8.00. The lowest BCUT2D eigenvalue weighted by atomic mass is 10.0. The molecule has 2 rings (SSSR count). The van der Waals surface area contributed by atoms with Gasteiger partial charge in [-0.05, 0) is 38.1 Å². The van der Waals surface area contributed by atoms with Gasteiger partial charge in [0.1, 0.15) is 16.6 Å². The number of aliphatic hydroxyl groups is 1. The van der Waals surface area contributed by atoms with Crippen LogP contribution >= 0.6 is 11.8 Å². The van der Waals surface area contributed by atoms with Crippen LogP contribution in [0, 0.1) is 0 Å². The van der Waals surface area contributed by atoms with E-state index in [1.54, 1.807) is 50.2 Å². The van der Waals surface area contributed by atoms with E-state index in [0.717, 1.165) is 11.8 Å². The van der Waals surface area contributed by atoms with Gasteiger partial charge in [0.05, 0.1) is 18.4 Å². The molecule has 0 radical (unpaired) electrons. The minimum absolute atomic E-state index is 0.0349. The van der Waals surface area contributed by atoms with Gasteiger partial charge in [0.15, 0.2) is 0 Å². The molecule has 1 aromatic carbocycles. The van der Waals surface area contributed by atoms with E-state index in [9.17, 15) is 14.7 Å². The summed E-state index contributed by atoms with van der Waals surface area (Å²) in [7, 11) is 0.